The molecule has 0 amide bonds. The van der Waals surface area contributed by atoms with Crippen LogP contribution in [0.2, 0.25) is 0 Å². The van der Waals surface area contributed by atoms with E-state index in [0.717, 1.165) is 17.1 Å². The molecule has 0 unspecified atom stereocenters. The lowest BCUT2D eigenvalue weighted by molar-refractivity contribution is 0.477. The van der Waals surface area contributed by atoms with Gasteiger partial charge in [0.1, 0.15) is 11.5 Å². The molecule has 2 aromatic carbocycles. The molecule has 0 aliphatic rings. The second kappa shape index (κ2) is 6.97. The molecular weight excluding hydrogens is 348 g/mol. The van der Waals surface area contributed by atoms with Gasteiger partial charge in [-0.3, -0.25) is 4.79 Å². The summed E-state index contributed by atoms with van der Waals surface area (Å²) in [5, 5.41) is 8.13. The quantitative estimate of drug-likeness (QED) is 0.582. The van der Waals surface area contributed by atoms with Crippen LogP contribution in [0, 0.1) is 6.92 Å². The monoisotopic (exact) mass is 364 g/mol. The van der Waals surface area contributed by atoms with E-state index in [-0.39, 0.29) is 5.56 Å². The maximum Gasteiger partial charge on any atom is 0.275 e. The number of nitrogens with zero attached hydrogens (tertiary/aromatic N) is 3. The van der Waals surface area contributed by atoms with Gasteiger partial charge in [-0.15, -0.1) is 5.10 Å². The Hall–Kier alpha value is -3.19. The Morgan fingerprint density at radius 1 is 1.12 bits per heavy atom. The van der Waals surface area contributed by atoms with Crippen LogP contribution in [0.5, 0.6) is 11.5 Å². The topological polar surface area (TPSA) is 68.5 Å². The molecule has 0 saturated carbocycles. The van der Waals surface area contributed by atoms with Crippen molar-refractivity contribution >= 4 is 21.4 Å². The largest absolute Gasteiger partial charge is 0.457 e. The summed E-state index contributed by atoms with van der Waals surface area (Å²) in [4.78, 5) is 16.5. The van der Waals surface area contributed by atoms with Crippen LogP contribution in [0.15, 0.2) is 65.6 Å². The summed E-state index contributed by atoms with van der Waals surface area (Å²) in [7, 11) is 0. The van der Waals surface area contributed by atoms with Crippen LogP contribution in [-0.2, 0) is 6.54 Å². The molecule has 1 N–H and O–H groups in total. The second-order valence-electron chi connectivity index (χ2n) is 5.76. The van der Waals surface area contributed by atoms with Gasteiger partial charge in [0.2, 0.25) is 10.1 Å². The average Bonchev–Trinajstić information content (AvgIpc) is 3.07. The maximum atomic E-state index is 11.8. The Morgan fingerprint density at radius 3 is 2.73 bits per heavy atom. The van der Waals surface area contributed by atoms with Gasteiger partial charge in [0.15, 0.2) is 0 Å². The van der Waals surface area contributed by atoms with Gasteiger partial charge < -0.3 is 10.1 Å². The van der Waals surface area contributed by atoms with Crippen LogP contribution in [0.4, 0.5) is 5.13 Å². The SMILES string of the molecule is Cc1ccc(Oc2ccccc2CNc2nn3c(=O)ccnc3s2)cc1. The molecule has 2 aromatic heterocycles. The van der Waals surface area contributed by atoms with E-state index in [1.807, 2.05) is 55.5 Å². The van der Waals surface area contributed by atoms with Gasteiger partial charge in [0.05, 0.1) is 0 Å². The molecule has 7 heteroatoms. The molecular formula is C19H16N4O2S. The zero-order chi connectivity index (χ0) is 17.9. The molecule has 26 heavy (non-hydrogen) atoms. The molecule has 130 valence electrons. The van der Waals surface area contributed by atoms with Gasteiger partial charge in [-0.05, 0) is 25.1 Å². The van der Waals surface area contributed by atoms with Crippen molar-refractivity contribution in [2.24, 2.45) is 0 Å². The van der Waals surface area contributed by atoms with Crippen molar-refractivity contribution in [2.75, 3.05) is 5.32 Å². The Labute approximate surface area is 153 Å². The predicted molar refractivity (Wildman–Crippen MR) is 102 cm³/mol. The number of aryl methyl sites for hydroxylation is 1. The number of rotatable bonds is 5. The zero-order valence-electron chi connectivity index (χ0n) is 14.0. The first-order chi connectivity index (χ1) is 12.7. The predicted octanol–water partition coefficient (Wildman–Crippen LogP) is 3.86. The number of fused-ring (bicyclic) bond motifs is 1. The lowest BCUT2D eigenvalue weighted by atomic mass is 10.2. The number of benzene rings is 2. The number of nitrogens with one attached hydrogen (secondary N) is 1. The molecule has 0 aliphatic heterocycles. The third-order valence-electron chi connectivity index (χ3n) is 3.82. The summed E-state index contributed by atoms with van der Waals surface area (Å²) in [5.74, 6) is 1.57. The van der Waals surface area contributed by atoms with Crippen molar-refractivity contribution in [2.45, 2.75) is 13.5 Å². The smallest absolute Gasteiger partial charge is 0.275 e. The number of aromatic nitrogens is 3. The van der Waals surface area contributed by atoms with Crippen molar-refractivity contribution in [1.82, 2.24) is 14.6 Å². The summed E-state index contributed by atoms with van der Waals surface area (Å²) in [6.45, 7) is 2.57. The molecule has 6 nitrogen and oxygen atoms in total. The Bertz CT molecular complexity index is 1100. The Kier molecular flexibility index (Phi) is 4.37. The molecule has 0 saturated heterocycles. The molecule has 0 atom stereocenters. The van der Waals surface area contributed by atoms with E-state index in [0.29, 0.717) is 16.6 Å². The van der Waals surface area contributed by atoms with Crippen LogP contribution >= 0.6 is 11.3 Å². The molecule has 4 rings (SSSR count). The highest BCUT2D eigenvalue weighted by molar-refractivity contribution is 7.20. The van der Waals surface area contributed by atoms with Crippen molar-refractivity contribution in [3.8, 4) is 11.5 Å². The van der Waals surface area contributed by atoms with E-state index in [1.165, 1.54) is 33.7 Å². The fraction of sp³-hybridized carbons (Fsp3) is 0.105. The number of para-hydroxylation sites is 1. The highest BCUT2D eigenvalue weighted by Gasteiger charge is 2.08. The van der Waals surface area contributed by atoms with Crippen molar-refractivity contribution in [3.05, 3.63) is 82.3 Å². The minimum absolute atomic E-state index is 0.192. The van der Waals surface area contributed by atoms with E-state index >= 15 is 0 Å². The summed E-state index contributed by atoms with van der Waals surface area (Å²) >= 11 is 1.33. The summed E-state index contributed by atoms with van der Waals surface area (Å²) < 4.78 is 7.30. The molecule has 0 spiro atoms. The van der Waals surface area contributed by atoms with Gasteiger partial charge in [-0.2, -0.15) is 4.52 Å². The van der Waals surface area contributed by atoms with E-state index in [4.69, 9.17) is 4.74 Å². The number of anilines is 1. The Morgan fingerprint density at radius 2 is 1.92 bits per heavy atom. The minimum Gasteiger partial charge on any atom is -0.457 e. The van der Waals surface area contributed by atoms with Crippen molar-refractivity contribution in [1.29, 1.82) is 0 Å². The van der Waals surface area contributed by atoms with Crippen molar-refractivity contribution < 1.29 is 4.74 Å². The highest BCUT2D eigenvalue weighted by atomic mass is 32.1. The third kappa shape index (κ3) is 3.43. The van der Waals surface area contributed by atoms with Gasteiger partial charge >= 0.3 is 0 Å². The molecule has 0 aliphatic carbocycles. The lowest BCUT2D eigenvalue weighted by Gasteiger charge is -2.11. The fourth-order valence-electron chi connectivity index (χ4n) is 2.47. The molecule has 0 bridgehead atoms. The Balaban J connectivity index is 1.53. The first-order valence-corrected chi connectivity index (χ1v) is 8.92. The summed E-state index contributed by atoms with van der Waals surface area (Å²) in [6.07, 6.45) is 1.49. The van der Waals surface area contributed by atoms with E-state index in [1.54, 1.807) is 0 Å². The third-order valence-corrected chi connectivity index (χ3v) is 4.70. The first kappa shape index (κ1) is 16.3. The molecule has 0 radical (unpaired) electrons. The standard InChI is InChI=1S/C19H16N4O2S/c1-13-6-8-15(9-7-13)25-16-5-3-2-4-14(16)12-21-18-22-23-17(24)10-11-20-19(23)26-18/h2-11H,12H2,1H3,(H,21,22). The van der Waals surface area contributed by atoms with Crippen LogP contribution in [0.1, 0.15) is 11.1 Å². The molecule has 2 heterocycles. The average molecular weight is 364 g/mol. The van der Waals surface area contributed by atoms with Crippen LogP contribution in [-0.4, -0.2) is 14.6 Å². The van der Waals surface area contributed by atoms with Gasteiger partial charge in [-0.25, -0.2) is 4.98 Å². The van der Waals surface area contributed by atoms with Crippen molar-refractivity contribution in [3.63, 3.8) is 0 Å². The van der Waals surface area contributed by atoms with E-state index in [2.05, 4.69) is 15.4 Å². The number of hydrogen-bond donors (Lipinski definition) is 1. The summed E-state index contributed by atoms with van der Waals surface area (Å²) in [6, 6.07) is 17.1. The van der Waals surface area contributed by atoms with Crippen LogP contribution in [0.25, 0.3) is 4.96 Å². The van der Waals surface area contributed by atoms with Gasteiger partial charge in [-0.1, -0.05) is 47.2 Å². The number of ether oxygens (including phenoxy) is 1. The van der Waals surface area contributed by atoms with Gasteiger partial charge in [0, 0.05) is 24.4 Å². The molecule has 4 aromatic rings. The molecule has 0 fully saturated rings. The lowest BCUT2D eigenvalue weighted by Crippen LogP contribution is -2.12. The second-order valence-corrected chi connectivity index (χ2v) is 6.72. The fourth-order valence-corrected chi connectivity index (χ4v) is 3.24. The van der Waals surface area contributed by atoms with E-state index in [9.17, 15) is 4.79 Å². The van der Waals surface area contributed by atoms with Crippen LogP contribution in [0.3, 0.4) is 0 Å². The zero-order valence-corrected chi connectivity index (χ0v) is 14.9. The van der Waals surface area contributed by atoms with Gasteiger partial charge in [0.25, 0.3) is 5.56 Å². The highest BCUT2D eigenvalue weighted by Crippen LogP contribution is 2.26. The maximum absolute atomic E-state index is 11.8. The summed E-state index contributed by atoms with van der Waals surface area (Å²) in [5.41, 5.74) is 1.99. The minimum atomic E-state index is -0.192. The van der Waals surface area contributed by atoms with Crippen LogP contribution < -0.4 is 15.6 Å². The number of hydrogen-bond acceptors (Lipinski definition) is 6. The normalized spacial score (nSPS) is 10.8. The van der Waals surface area contributed by atoms with E-state index < -0.39 is 0 Å². The first-order valence-electron chi connectivity index (χ1n) is 8.10.